The van der Waals surface area contributed by atoms with Crippen LogP contribution >= 0.6 is 34.5 Å². The molecule has 1 N–H and O–H groups in total. The van der Waals surface area contributed by atoms with E-state index in [1.807, 2.05) is 12.1 Å². The Bertz CT molecular complexity index is 450. The van der Waals surface area contributed by atoms with Crippen molar-refractivity contribution in [3.63, 3.8) is 0 Å². The second-order valence-corrected chi connectivity index (χ2v) is 4.74. The van der Waals surface area contributed by atoms with Gasteiger partial charge in [-0.25, -0.2) is 0 Å². The van der Waals surface area contributed by atoms with Crippen LogP contribution in [0.15, 0.2) is 18.2 Å². The average Bonchev–Trinajstić information content (AvgIpc) is 2.45. The van der Waals surface area contributed by atoms with E-state index >= 15 is 0 Å². The number of aliphatic hydroxyl groups excluding tert-OH is 1. The fraction of sp³-hybridized carbons (Fsp3) is 0.111. The maximum Gasteiger partial charge on any atom is 0.0941 e. The Balaban J connectivity index is 2.82. The maximum absolute atomic E-state index is 9.10. The SMILES string of the molecule is OCc1c(Cl)ccc2cc(Cl)sc12. The molecule has 0 aliphatic carbocycles. The zero-order chi connectivity index (χ0) is 9.42. The minimum atomic E-state index is -0.0486. The van der Waals surface area contributed by atoms with E-state index in [2.05, 4.69) is 0 Å². The van der Waals surface area contributed by atoms with Crippen LogP contribution in [0.25, 0.3) is 10.1 Å². The Morgan fingerprint density at radius 1 is 1.31 bits per heavy atom. The van der Waals surface area contributed by atoms with Crippen LogP contribution in [0.1, 0.15) is 5.56 Å². The molecule has 4 heteroatoms. The number of benzene rings is 1. The molecule has 0 amide bonds. The van der Waals surface area contributed by atoms with Gasteiger partial charge in [0.05, 0.1) is 10.9 Å². The Morgan fingerprint density at radius 2 is 2.08 bits per heavy atom. The van der Waals surface area contributed by atoms with E-state index in [-0.39, 0.29) is 6.61 Å². The lowest BCUT2D eigenvalue weighted by Gasteiger charge is -2.00. The van der Waals surface area contributed by atoms with Gasteiger partial charge in [-0.05, 0) is 17.5 Å². The normalized spacial score (nSPS) is 11.0. The predicted octanol–water partition coefficient (Wildman–Crippen LogP) is 3.70. The van der Waals surface area contributed by atoms with Gasteiger partial charge in [0.1, 0.15) is 0 Å². The van der Waals surface area contributed by atoms with Gasteiger partial charge in [0, 0.05) is 15.3 Å². The van der Waals surface area contributed by atoms with Crippen molar-refractivity contribution in [2.24, 2.45) is 0 Å². The standard InChI is InChI=1S/C9H6Cl2OS/c10-7-2-1-5-3-8(11)13-9(5)6(7)4-12/h1-3,12H,4H2. The van der Waals surface area contributed by atoms with Crippen LogP contribution < -0.4 is 0 Å². The molecule has 2 aromatic rings. The largest absolute Gasteiger partial charge is 0.392 e. The van der Waals surface area contributed by atoms with Gasteiger partial charge in [0.2, 0.25) is 0 Å². The van der Waals surface area contributed by atoms with Crippen molar-refractivity contribution in [1.82, 2.24) is 0 Å². The first-order chi connectivity index (χ1) is 6.22. The average molecular weight is 233 g/mol. The van der Waals surface area contributed by atoms with Crippen LogP contribution in [0.2, 0.25) is 9.36 Å². The molecule has 0 fully saturated rings. The molecule has 68 valence electrons. The zero-order valence-electron chi connectivity index (χ0n) is 6.55. The molecule has 0 atom stereocenters. The summed E-state index contributed by atoms with van der Waals surface area (Å²) in [6.07, 6.45) is 0. The van der Waals surface area contributed by atoms with Crippen LogP contribution in [-0.4, -0.2) is 5.11 Å². The third-order valence-corrected chi connectivity index (χ3v) is 3.55. The third kappa shape index (κ3) is 1.55. The van der Waals surface area contributed by atoms with E-state index in [0.717, 1.165) is 15.6 Å². The minimum absolute atomic E-state index is 0.0486. The number of halogens is 2. The molecule has 0 bridgehead atoms. The topological polar surface area (TPSA) is 20.2 Å². The molecule has 1 aromatic carbocycles. The molecule has 0 saturated carbocycles. The van der Waals surface area contributed by atoms with E-state index in [1.54, 1.807) is 6.07 Å². The first-order valence-corrected chi connectivity index (χ1v) is 5.27. The van der Waals surface area contributed by atoms with Crippen molar-refractivity contribution in [1.29, 1.82) is 0 Å². The highest BCUT2D eigenvalue weighted by molar-refractivity contribution is 7.22. The molecule has 1 nitrogen and oxygen atoms in total. The summed E-state index contributed by atoms with van der Waals surface area (Å²) in [6, 6.07) is 5.55. The summed E-state index contributed by atoms with van der Waals surface area (Å²) in [5, 5.41) is 10.7. The molecule has 0 spiro atoms. The molecule has 0 aliphatic heterocycles. The van der Waals surface area contributed by atoms with Gasteiger partial charge in [0.25, 0.3) is 0 Å². The Morgan fingerprint density at radius 3 is 2.77 bits per heavy atom. The summed E-state index contributed by atoms with van der Waals surface area (Å²) in [6.45, 7) is -0.0486. The second-order valence-electron chi connectivity index (χ2n) is 2.65. The number of rotatable bonds is 1. The van der Waals surface area contributed by atoms with Crippen molar-refractivity contribution in [3.05, 3.63) is 33.1 Å². The lowest BCUT2D eigenvalue weighted by molar-refractivity contribution is 0.283. The molecule has 1 heterocycles. The van der Waals surface area contributed by atoms with Crippen LogP contribution in [0, 0.1) is 0 Å². The third-order valence-electron chi connectivity index (χ3n) is 1.86. The Kier molecular flexibility index (Phi) is 2.47. The summed E-state index contributed by atoms with van der Waals surface area (Å²) >= 11 is 13.2. The number of aliphatic hydroxyl groups is 1. The molecular formula is C9H6Cl2OS. The van der Waals surface area contributed by atoms with Crippen molar-refractivity contribution in [2.75, 3.05) is 0 Å². The molecule has 1 aromatic heterocycles. The molecule has 0 radical (unpaired) electrons. The van der Waals surface area contributed by atoms with Gasteiger partial charge in [0.15, 0.2) is 0 Å². The number of hydrogen-bond acceptors (Lipinski definition) is 2. The van der Waals surface area contributed by atoms with E-state index in [1.165, 1.54) is 11.3 Å². The fourth-order valence-corrected chi connectivity index (χ4v) is 2.80. The van der Waals surface area contributed by atoms with Crippen LogP contribution in [0.3, 0.4) is 0 Å². The highest BCUT2D eigenvalue weighted by Crippen LogP contribution is 2.35. The van der Waals surface area contributed by atoms with Gasteiger partial charge in [-0.2, -0.15) is 0 Å². The maximum atomic E-state index is 9.10. The van der Waals surface area contributed by atoms with Gasteiger partial charge in [-0.15, -0.1) is 11.3 Å². The minimum Gasteiger partial charge on any atom is -0.392 e. The monoisotopic (exact) mass is 232 g/mol. The lowest BCUT2D eigenvalue weighted by atomic mass is 10.2. The van der Waals surface area contributed by atoms with E-state index in [4.69, 9.17) is 28.3 Å². The van der Waals surface area contributed by atoms with E-state index in [0.29, 0.717) is 9.36 Å². The number of hydrogen-bond donors (Lipinski definition) is 1. The molecule has 13 heavy (non-hydrogen) atoms. The number of fused-ring (bicyclic) bond motifs is 1. The summed E-state index contributed by atoms with van der Waals surface area (Å²) in [5.41, 5.74) is 0.760. The quantitative estimate of drug-likeness (QED) is 0.796. The van der Waals surface area contributed by atoms with Crippen molar-refractivity contribution < 1.29 is 5.11 Å². The van der Waals surface area contributed by atoms with Crippen molar-refractivity contribution in [3.8, 4) is 0 Å². The van der Waals surface area contributed by atoms with E-state index < -0.39 is 0 Å². The molecule has 0 saturated heterocycles. The lowest BCUT2D eigenvalue weighted by Crippen LogP contribution is -1.83. The van der Waals surface area contributed by atoms with Gasteiger partial charge in [-0.1, -0.05) is 29.3 Å². The summed E-state index contributed by atoms with van der Waals surface area (Å²) in [4.78, 5) is 0. The fourth-order valence-electron chi connectivity index (χ4n) is 1.25. The van der Waals surface area contributed by atoms with Crippen LogP contribution in [0.5, 0.6) is 0 Å². The first-order valence-electron chi connectivity index (χ1n) is 3.69. The van der Waals surface area contributed by atoms with E-state index in [9.17, 15) is 0 Å². The van der Waals surface area contributed by atoms with Gasteiger partial charge < -0.3 is 5.11 Å². The second kappa shape index (κ2) is 3.46. The summed E-state index contributed by atoms with van der Waals surface area (Å²) in [7, 11) is 0. The van der Waals surface area contributed by atoms with Crippen molar-refractivity contribution in [2.45, 2.75) is 6.61 Å². The molecular weight excluding hydrogens is 227 g/mol. The molecule has 0 unspecified atom stereocenters. The molecule has 2 rings (SSSR count). The highest BCUT2D eigenvalue weighted by atomic mass is 35.5. The van der Waals surface area contributed by atoms with Gasteiger partial charge >= 0.3 is 0 Å². The van der Waals surface area contributed by atoms with Crippen molar-refractivity contribution >= 4 is 44.6 Å². The zero-order valence-corrected chi connectivity index (χ0v) is 8.88. The Labute approximate surface area is 89.5 Å². The number of thiophene rings is 1. The summed E-state index contributed by atoms with van der Waals surface area (Å²) < 4.78 is 1.69. The predicted molar refractivity (Wildman–Crippen MR) is 57.8 cm³/mol. The highest BCUT2D eigenvalue weighted by Gasteiger charge is 2.07. The first kappa shape index (κ1) is 9.28. The van der Waals surface area contributed by atoms with Crippen LogP contribution in [-0.2, 0) is 6.61 Å². The van der Waals surface area contributed by atoms with Crippen LogP contribution in [0.4, 0.5) is 0 Å². The Hall–Kier alpha value is -0.280. The summed E-state index contributed by atoms with van der Waals surface area (Å²) in [5.74, 6) is 0. The van der Waals surface area contributed by atoms with Gasteiger partial charge in [-0.3, -0.25) is 0 Å². The smallest absolute Gasteiger partial charge is 0.0941 e. The molecule has 0 aliphatic rings.